The molecule has 1 heterocycles. The third-order valence-electron chi connectivity index (χ3n) is 1.62. The van der Waals surface area contributed by atoms with E-state index < -0.39 is 12.1 Å². The minimum atomic E-state index is -0.547. The molecule has 1 aromatic rings. The summed E-state index contributed by atoms with van der Waals surface area (Å²) in [6.45, 7) is 8.63. The van der Waals surface area contributed by atoms with Crippen LogP contribution in [-0.4, -0.2) is 5.97 Å². The van der Waals surface area contributed by atoms with E-state index in [1.807, 2.05) is 0 Å². The first kappa shape index (κ1) is 10.3. The third kappa shape index (κ3) is 2.36. The summed E-state index contributed by atoms with van der Waals surface area (Å²) >= 11 is 0. The minimum absolute atomic E-state index is 0.350. The highest BCUT2D eigenvalue weighted by Crippen LogP contribution is 2.19. The van der Waals surface area contributed by atoms with E-state index in [1.54, 1.807) is 19.1 Å². The van der Waals surface area contributed by atoms with Gasteiger partial charge < -0.3 is 9.15 Å². The van der Waals surface area contributed by atoms with Crippen LogP contribution in [0.15, 0.2) is 47.6 Å². The second-order valence-electron chi connectivity index (χ2n) is 2.86. The van der Waals surface area contributed by atoms with Crippen molar-refractivity contribution in [2.24, 2.45) is 0 Å². The topological polar surface area (TPSA) is 39.4 Å². The van der Waals surface area contributed by atoms with Crippen LogP contribution in [0.4, 0.5) is 0 Å². The highest BCUT2D eigenvalue weighted by atomic mass is 16.6. The standard InChI is InChI=1S/C11H12O3/c1-4-9(10-6-5-7-13-10)14-11(12)8(2)3/h4-7,9H,1-2H2,3H3/t9-/m0/s1. The minimum Gasteiger partial charge on any atom is -0.465 e. The lowest BCUT2D eigenvalue weighted by Gasteiger charge is -2.10. The van der Waals surface area contributed by atoms with Gasteiger partial charge in [0.25, 0.3) is 0 Å². The summed E-state index contributed by atoms with van der Waals surface area (Å²) in [4.78, 5) is 11.2. The van der Waals surface area contributed by atoms with Crippen molar-refractivity contribution in [3.63, 3.8) is 0 Å². The SMILES string of the molecule is C=C[C@H](OC(=O)C(=C)C)c1ccco1. The molecule has 1 atom stereocenters. The highest BCUT2D eigenvalue weighted by Gasteiger charge is 2.15. The van der Waals surface area contributed by atoms with Crippen LogP contribution in [0, 0.1) is 0 Å². The Hall–Kier alpha value is -1.77. The van der Waals surface area contributed by atoms with Gasteiger partial charge in [-0.15, -0.1) is 0 Å². The zero-order valence-electron chi connectivity index (χ0n) is 8.03. The van der Waals surface area contributed by atoms with Crippen molar-refractivity contribution in [1.29, 1.82) is 0 Å². The lowest BCUT2D eigenvalue weighted by atomic mass is 10.2. The lowest BCUT2D eigenvalue weighted by Crippen LogP contribution is -2.09. The number of furan rings is 1. The van der Waals surface area contributed by atoms with Gasteiger partial charge in [0, 0.05) is 5.57 Å². The molecule has 0 aromatic carbocycles. The first-order chi connectivity index (χ1) is 6.65. The zero-order valence-corrected chi connectivity index (χ0v) is 8.03. The lowest BCUT2D eigenvalue weighted by molar-refractivity contribution is -0.143. The summed E-state index contributed by atoms with van der Waals surface area (Å²) in [5.74, 6) is 0.0981. The van der Waals surface area contributed by atoms with E-state index >= 15 is 0 Å². The van der Waals surface area contributed by atoms with Gasteiger partial charge in [0.15, 0.2) is 6.10 Å². The average molecular weight is 192 g/mol. The van der Waals surface area contributed by atoms with Crippen LogP contribution in [0.2, 0.25) is 0 Å². The molecule has 14 heavy (non-hydrogen) atoms. The molecular weight excluding hydrogens is 180 g/mol. The van der Waals surface area contributed by atoms with Gasteiger partial charge in [0.2, 0.25) is 0 Å². The smallest absolute Gasteiger partial charge is 0.334 e. The Bertz CT molecular complexity index is 335. The van der Waals surface area contributed by atoms with Crippen molar-refractivity contribution in [3.05, 3.63) is 49.0 Å². The molecule has 3 heteroatoms. The van der Waals surface area contributed by atoms with Crippen LogP contribution >= 0.6 is 0 Å². The fraction of sp³-hybridized carbons (Fsp3) is 0.182. The Labute approximate surface area is 82.7 Å². The molecule has 0 N–H and O–H groups in total. The molecule has 0 aliphatic heterocycles. The van der Waals surface area contributed by atoms with Crippen LogP contribution in [0.25, 0.3) is 0 Å². The summed E-state index contributed by atoms with van der Waals surface area (Å²) in [5.41, 5.74) is 0.350. The maximum absolute atomic E-state index is 11.2. The van der Waals surface area contributed by atoms with Crippen LogP contribution in [0.3, 0.4) is 0 Å². The first-order valence-electron chi connectivity index (χ1n) is 4.17. The molecule has 0 fully saturated rings. The van der Waals surface area contributed by atoms with E-state index in [9.17, 15) is 4.79 Å². The Morgan fingerprint density at radius 3 is 2.86 bits per heavy atom. The molecule has 0 saturated carbocycles. The van der Waals surface area contributed by atoms with Gasteiger partial charge in [-0.3, -0.25) is 0 Å². The maximum Gasteiger partial charge on any atom is 0.334 e. The van der Waals surface area contributed by atoms with E-state index in [0.717, 1.165) is 0 Å². The molecule has 0 bridgehead atoms. The largest absolute Gasteiger partial charge is 0.465 e. The van der Waals surface area contributed by atoms with Crippen LogP contribution in [-0.2, 0) is 9.53 Å². The Kier molecular flexibility index (Phi) is 3.29. The van der Waals surface area contributed by atoms with Crippen molar-refractivity contribution < 1.29 is 13.9 Å². The maximum atomic E-state index is 11.2. The molecule has 0 aliphatic carbocycles. The summed E-state index contributed by atoms with van der Waals surface area (Å²) in [6.07, 6.45) is 2.47. The monoisotopic (exact) mass is 192 g/mol. The average Bonchev–Trinajstić information content (AvgIpc) is 2.66. The van der Waals surface area contributed by atoms with Crippen LogP contribution in [0.1, 0.15) is 18.8 Å². The van der Waals surface area contributed by atoms with Crippen molar-refractivity contribution >= 4 is 5.97 Å². The molecule has 1 aromatic heterocycles. The number of ether oxygens (including phenoxy) is 1. The normalized spacial score (nSPS) is 11.8. The van der Waals surface area contributed by atoms with E-state index in [0.29, 0.717) is 11.3 Å². The van der Waals surface area contributed by atoms with Gasteiger partial charge in [-0.1, -0.05) is 13.2 Å². The second kappa shape index (κ2) is 4.46. The fourth-order valence-corrected chi connectivity index (χ4v) is 0.891. The third-order valence-corrected chi connectivity index (χ3v) is 1.62. The number of carbonyl (C=O) groups is 1. The molecule has 0 radical (unpaired) electrons. The molecule has 0 unspecified atom stereocenters. The van der Waals surface area contributed by atoms with Gasteiger partial charge in [0.05, 0.1) is 6.26 Å². The van der Waals surface area contributed by atoms with Crippen molar-refractivity contribution in [1.82, 2.24) is 0 Å². The summed E-state index contributed by atoms with van der Waals surface area (Å²) in [5, 5.41) is 0. The van der Waals surface area contributed by atoms with Gasteiger partial charge in [0.1, 0.15) is 5.76 Å². The molecule has 0 spiro atoms. The molecule has 0 amide bonds. The van der Waals surface area contributed by atoms with E-state index in [1.165, 1.54) is 12.3 Å². The van der Waals surface area contributed by atoms with Gasteiger partial charge in [-0.05, 0) is 25.1 Å². The number of hydrogen-bond acceptors (Lipinski definition) is 3. The molecule has 0 saturated heterocycles. The van der Waals surface area contributed by atoms with Crippen molar-refractivity contribution in [2.75, 3.05) is 0 Å². The van der Waals surface area contributed by atoms with Crippen molar-refractivity contribution in [3.8, 4) is 0 Å². The first-order valence-corrected chi connectivity index (χ1v) is 4.17. The summed E-state index contributed by atoms with van der Waals surface area (Å²) in [6, 6.07) is 3.44. The van der Waals surface area contributed by atoms with Gasteiger partial charge in [-0.25, -0.2) is 4.79 Å². The molecule has 0 aliphatic rings. The number of hydrogen-bond donors (Lipinski definition) is 0. The van der Waals surface area contributed by atoms with Crippen LogP contribution < -0.4 is 0 Å². The fourth-order valence-electron chi connectivity index (χ4n) is 0.891. The van der Waals surface area contributed by atoms with E-state index in [4.69, 9.17) is 9.15 Å². The van der Waals surface area contributed by atoms with E-state index in [2.05, 4.69) is 13.2 Å². The van der Waals surface area contributed by atoms with Crippen molar-refractivity contribution in [2.45, 2.75) is 13.0 Å². The van der Waals surface area contributed by atoms with Gasteiger partial charge >= 0.3 is 5.97 Å². The molecular formula is C11H12O3. The predicted octanol–water partition coefficient (Wildman–Crippen LogP) is 2.63. The second-order valence-corrected chi connectivity index (χ2v) is 2.86. The highest BCUT2D eigenvalue weighted by molar-refractivity contribution is 5.87. The quantitative estimate of drug-likeness (QED) is 0.418. The summed E-state index contributed by atoms with van der Waals surface area (Å²) in [7, 11) is 0. The Morgan fingerprint density at radius 2 is 2.43 bits per heavy atom. The predicted molar refractivity (Wildman–Crippen MR) is 52.6 cm³/mol. The molecule has 74 valence electrons. The molecule has 1 rings (SSSR count). The Morgan fingerprint density at radius 1 is 1.71 bits per heavy atom. The van der Waals surface area contributed by atoms with E-state index in [-0.39, 0.29) is 0 Å². The summed E-state index contributed by atoms with van der Waals surface area (Å²) < 4.78 is 10.1. The zero-order chi connectivity index (χ0) is 10.6. The van der Waals surface area contributed by atoms with Crippen LogP contribution in [0.5, 0.6) is 0 Å². The van der Waals surface area contributed by atoms with Gasteiger partial charge in [-0.2, -0.15) is 0 Å². The number of carbonyl (C=O) groups excluding carboxylic acids is 1. The number of rotatable bonds is 4. The molecule has 3 nitrogen and oxygen atoms in total. The number of esters is 1. The Balaban J connectivity index is 2.70.